The fourth-order valence-corrected chi connectivity index (χ4v) is 5.76. The second-order valence-electron chi connectivity index (χ2n) is 11.0. The average Bonchev–Trinajstić information content (AvgIpc) is 3.25. The molecule has 0 bridgehead atoms. The molecule has 1 aliphatic rings. The molecule has 0 atom stereocenters. The number of fused-ring (bicyclic) bond motifs is 2. The number of benzene rings is 2. The van der Waals surface area contributed by atoms with E-state index in [1.807, 2.05) is 0 Å². The Morgan fingerprint density at radius 2 is 1.48 bits per heavy atom. The summed E-state index contributed by atoms with van der Waals surface area (Å²) in [7, 11) is 0. The van der Waals surface area contributed by atoms with Gasteiger partial charge in [-0.25, -0.2) is 0 Å². The zero-order chi connectivity index (χ0) is 29.7. The normalized spacial score (nSPS) is 13.3. The van der Waals surface area contributed by atoms with Gasteiger partial charge in [0, 0.05) is 4.91 Å². The SMILES string of the molecule is CCCc1c2c(c(CCC)c3ccc(/C(S)=C/C=C/C=C/C=C/c4ccc(C)ccccc(C)c4)cc13)CC=CC=C2. The highest BCUT2D eigenvalue weighted by Gasteiger charge is 2.18. The second-order valence-corrected chi connectivity index (χ2v) is 11.4. The summed E-state index contributed by atoms with van der Waals surface area (Å²) in [5, 5.41) is 2.79. The molecule has 0 amide bonds. The Morgan fingerprint density at radius 1 is 0.738 bits per heavy atom. The van der Waals surface area contributed by atoms with Gasteiger partial charge in [-0.3, -0.25) is 0 Å². The van der Waals surface area contributed by atoms with Gasteiger partial charge < -0.3 is 0 Å². The Balaban J connectivity index is 1.57. The Morgan fingerprint density at radius 3 is 2.29 bits per heavy atom. The van der Waals surface area contributed by atoms with Gasteiger partial charge in [0.1, 0.15) is 0 Å². The number of rotatable bonds is 9. The quantitative estimate of drug-likeness (QED) is 0.193. The van der Waals surface area contributed by atoms with Crippen molar-refractivity contribution in [2.24, 2.45) is 0 Å². The summed E-state index contributed by atoms with van der Waals surface area (Å²) in [5.41, 5.74) is 10.7. The van der Waals surface area contributed by atoms with Crippen molar-refractivity contribution in [3.05, 3.63) is 160 Å². The highest BCUT2D eigenvalue weighted by atomic mass is 32.1. The lowest BCUT2D eigenvalue weighted by atomic mass is 9.84. The van der Waals surface area contributed by atoms with E-state index in [0.717, 1.165) is 42.6 Å². The van der Waals surface area contributed by atoms with Crippen molar-refractivity contribution < 1.29 is 0 Å². The Bertz CT molecular complexity index is 1640. The lowest BCUT2D eigenvalue weighted by Gasteiger charge is -2.21. The molecule has 214 valence electrons. The van der Waals surface area contributed by atoms with Crippen LogP contribution in [-0.2, 0) is 19.3 Å². The third-order valence-electron chi connectivity index (χ3n) is 7.56. The van der Waals surface area contributed by atoms with Crippen molar-refractivity contribution in [2.45, 2.75) is 59.8 Å². The number of hydrogen-bond acceptors (Lipinski definition) is 1. The zero-order valence-electron chi connectivity index (χ0n) is 25.6. The van der Waals surface area contributed by atoms with Crippen LogP contribution < -0.4 is 0 Å². The molecule has 0 fully saturated rings. The van der Waals surface area contributed by atoms with Crippen LogP contribution in [0.15, 0.2) is 115 Å². The molecule has 0 N–H and O–H groups in total. The molecule has 0 radical (unpaired) electrons. The van der Waals surface area contributed by atoms with Gasteiger partial charge >= 0.3 is 0 Å². The van der Waals surface area contributed by atoms with Gasteiger partial charge in [0.2, 0.25) is 0 Å². The minimum atomic E-state index is 0.972. The molecule has 0 spiro atoms. The first kappa shape index (κ1) is 31.1. The first-order valence-electron chi connectivity index (χ1n) is 15.3. The van der Waals surface area contributed by atoms with Gasteiger partial charge in [-0.2, -0.15) is 0 Å². The van der Waals surface area contributed by atoms with E-state index in [-0.39, 0.29) is 0 Å². The van der Waals surface area contributed by atoms with Crippen LogP contribution in [-0.4, -0.2) is 0 Å². The zero-order valence-corrected chi connectivity index (χ0v) is 26.5. The third kappa shape index (κ3) is 8.37. The summed E-state index contributed by atoms with van der Waals surface area (Å²) < 4.78 is 0. The topological polar surface area (TPSA) is 0 Å². The van der Waals surface area contributed by atoms with Crippen LogP contribution in [0.3, 0.4) is 0 Å². The van der Waals surface area contributed by atoms with Crippen molar-refractivity contribution in [2.75, 3.05) is 0 Å². The first-order chi connectivity index (χ1) is 20.5. The Labute approximate surface area is 259 Å². The first-order valence-corrected chi connectivity index (χ1v) is 15.7. The predicted octanol–water partition coefficient (Wildman–Crippen LogP) is 11.7. The molecule has 0 saturated heterocycles. The van der Waals surface area contributed by atoms with Crippen LogP contribution in [0.5, 0.6) is 0 Å². The molecular weight excluding hydrogens is 525 g/mol. The van der Waals surface area contributed by atoms with E-state index < -0.39 is 0 Å². The van der Waals surface area contributed by atoms with Crippen molar-refractivity contribution in [3.63, 3.8) is 0 Å². The number of thiol groups is 1. The highest BCUT2D eigenvalue weighted by molar-refractivity contribution is 7.90. The Kier molecular flexibility index (Phi) is 11.9. The molecule has 0 saturated carbocycles. The van der Waals surface area contributed by atoms with Gasteiger partial charge in [-0.15, -0.1) is 12.6 Å². The molecule has 3 aromatic rings. The fraction of sp³-hybridized carbons (Fsp3) is 0.220. The highest BCUT2D eigenvalue weighted by Crippen LogP contribution is 2.37. The second kappa shape index (κ2) is 16.0. The molecule has 3 aromatic carbocycles. The smallest absolute Gasteiger partial charge is 0.0113 e. The van der Waals surface area contributed by atoms with Crippen LogP contribution in [0.2, 0.25) is 0 Å². The summed E-state index contributed by atoms with van der Waals surface area (Å²) in [4.78, 5) is 0.972. The van der Waals surface area contributed by atoms with Crippen LogP contribution >= 0.6 is 12.6 Å². The molecule has 1 aliphatic carbocycles. The summed E-state index contributed by atoms with van der Waals surface area (Å²) in [6.45, 7) is 8.80. The van der Waals surface area contributed by atoms with E-state index >= 15 is 0 Å². The fourth-order valence-electron chi connectivity index (χ4n) is 5.54. The lowest BCUT2D eigenvalue weighted by molar-refractivity contribution is 0.900. The number of hydrogen-bond donors (Lipinski definition) is 1. The largest absolute Gasteiger partial charge is 0.143 e. The Hall–Kier alpha value is -3.81. The predicted molar refractivity (Wildman–Crippen MR) is 192 cm³/mol. The average molecular weight is 569 g/mol. The van der Waals surface area contributed by atoms with Crippen molar-refractivity contribution >= 4 is 40.5 Å². The number of allylic oxidation sites excluding steroid dienone is 9. The standard InChI is InChI=1S/C41H44S/c1-5-17-35-37-22-12-10-13-23-38(37)36(18-6-2)40-30-34(27-28-39(35)40)41(42)24-14-9-7-8-11-21-33-26-25-31(3)19-15-16-20-32(4)29-33/h7-16,19-21,23-30,42H,5-6,17-18,22H2,1-4H3/b8-7+,14-9+,16-15?,19-15?,20-16?,21-11+,26-25?,31-19?,31-25?,32-20?,32-29?,33-26?,33-29?,41-24-. The van der Waals surface area contributed by atoms with Gasteiger partial charge in [0.05, 0.1) is 0 Å². The van der Waals surface area contributed by atoms with Crippen LogP contribution in [0.4, 0.5) is 0 Å². The maximum Gasteiger partial charge on any atom is 0.0113 e. The van der Waals surface area contributed by atoms with E-state index in [2.05, 4.69) is 155 Å². The number of aryl methyl sites for hydroxylation is 4. The third-order valence-corrected chi connectivity index (χ3v) is 7.97. The molecule has 0 nitrogen and oxygen atoms in total. The maximum absolute atomic E-state index is 4.90. The lowest BCUT2D eigenvalue weighted by Crippen LogP contribution is -2.04. The van der Waals surface area contributed by atoms with Crippen LogP contribution in [0.1, 0.15) is 71.2 Å². The summed E-state index contributed by atoms with van der Waals surface area (Å²) >= 11 is 4.90. The van der Waals surface area contributed by atoms with E-state index in [4.69, 9.17) is 12.6 Å². The summed E-state index contributed by atoms with van der Waals surface area (Å²) in [6, 6.07) is 21.8. The van der Waals surface area contributed by atoms with Gasteiger partial charge in [0.15, 0.2) is 0 Å². The van der Waals surface area contributed by atoms with Crippen molar-refractivity contribution in [1.82, 2.24) is 0 Å². The van der Waals surface area contributed by atoms with Gasteiger partial charge in [-0.1, -0.05) is 153 Å². The monoisotopic (exact) mass is 568 g/mol. The maximum atomic E-state index is 4.90. The summed E-state index contributed by atoms with van der Waals surface area (Å²) in [5.74, 6) is 0. The minimum absolute atomic E-state index is 0.972. The van der Waals surface area contributed by atoms with Crippen molar-refractivity contribution in [1.29, 1.82) is 0 Å². The van der Waals surface area contributed by atoms with Gasteiger partial charge in [-0.05, 0) is 89.4 Å². The van der Waals surface area contributed by atoms with E-state index in [1.165, 1.54) is 49.7 Å². The molecule has 0 aromatic heterocycles. The molecular formula is C41H44S. The van der Waals surface area contributed by atoms with E-state index in [9.17, 15) is 0 Å². The van der Waals surface area contributed by atoms with E-state index in [1.54, 1.807) is 0 Å². The minimum Gasteiger partial charge on any atom is -0.143 e. The van der Waals surface area contributed by atoms with Crippen molar-refractivity contribution in [3.8, 4) is 0 Å². The van der Waals surface area contributed by atoms with Crippen LogP contribution in [0, 0.1) is 13.8 Å². The molecule has 1 heteroatoms. The molecule has 0 unspecified atom stereocenters. The molecule has 4 rings (SSSR count). The molecule has 0 heterocycles. The van der Waals surface area contributed by atoms with Crippen LogP contribution in [0.25, 0.3) is 27.8 Å². The molecule has 0 aliphatic heterocycles. The molecule has 42 heavy (non-hydrogen) atoms. The summed E-state index contributed by atoms with van der Waals surface area (Å²) in [6.07, 6.45) is 29.0. The van der Waals surface area contributed by atoms with Gasteiger partial charge in [0.25, 0.3) is 0 Å². The van der Waals surface area contributed by atoms with E-state index in [0.29, 0.717) is 0 Å².